The molecule has 0 bridgehead atoms. The molecule has 0 heterocycles. The maximum Gasteiger partial charge on any atom is 0.229 e. The number of hydrogen-bond donors (Lipinski definition) is 0. The van der Waals surface area contributed by atoms with Gasteiger partial charge in [-0.2, -0.15) is 0 Å². The van der Waals surface area contributed by atoms with Crippen molar-refractivity contribution in [1.29, 1.82) is 0 Å². The van der Waals surface area contributed by atoms with Gasteiger partial charge in [-0.3, -0.25) is 4.79 Å². The Morgan fingerprint density at radius 3 is 1.30 bits per heavy atom. The fourth-order valence-corrected chi connectivity index (χ4v) is 0.982. The molecular weight excluding hydrogens is 128 g/mol. The first kappa shape index (κ1) is 7.12. The third kappa shape index (κ3) is 0.875. The second-order valence-corrected chi connectivity index (χ2v) is 2.82. The van der Waals surface area contributed by atoms with Gasteiger partial charge in [0, 0.05) is 28.2 Å². The minimum atomic E-state index is 0.176. The summed E-state index contributed by atoms with van der Waals surface area (Å²) in [5.41, 5.74) is 1.85. The van der Waals surface area contributed by atoms with Crippen LogP contribution in [-0.4, -0.2) is 28.2 Å². The Kier molecular flexibility index (Phi) is 1.43. The van der Waals surface area contributed by atoms with Gasteiger partial charge in [0.15, 0.2) is 0 Å². The second kappa shape index (κ2) is 2.01. The smallest absolute Gasteiger partial charge is 0.229 e. The summed E-state index contributed by atoms with van der Waals surface area (Å²) in [4.78, 5) is 14.6. The van der Waals surface area contributed by atoms with E-state index in [0.717, 1.165) is 11.4 Å². The molecule has 0 unspecified atom stereocenters. The highest BCUT2D eigenvalue weighted by atomic mass is 16.1. The van der Waals surface area contributed by atoms with Crippen LogP contribution in [0.4, 0.5) is 11.4 Å². The molecule has 0 saturated heterocycles. The first-order chi connectivity index (χ1) is 4.55. The molecule has 0 aliphatic heterocycles. The van der Waals surface area contributed by atoms with Crippen LogP contribution in [0.5, 0.6) is 0 Å². The van der Waals surface area contributed by atoms with Crippen molar-refractivity contribution in [3.05, 3.63) is 10.2 Å². The van der Waals surface area contributed by atoms with E-state index in [-0.39, 0.29) is 5.43 Å². The highest BCUT2D eigenvalue weighted by Crippen LogP contribution is 2.27. The van der Waals surface area contributed by atoms with Crippen LogP contribution in [0, 0.1) is 0 Å². The van der Waals surface area contributed by atoms with Crippen molar-refractivity contribution < 1.29 is 0 Å². The summed E-state index contributed by atoms with van der Waals surface area (Å²) in [5.74, 6) is 0. The predicted octanol–water partition coefficient (Wildman–Crippen LogP) is 0.0544. The van der Waals surface area contributed by atoms with Gasteiger partial charge in [0.25, 0.3) is 0 Å². The van der Waals surface area contributed by atoms with Gasteiger partial charge in [-0.25, -0.2) is 0 Å². The van der Waals surface area contributed by atoms with E-state index in [1.54, 1.807) is 0 Å². The largest absolute Gasteiger partial charge is 0.373 e. The number of anilines is 2. The summed E-state index contributed by atoms with van der Waals surface area (Å²) in [7, 11) is 7.51. The van der Waals surface area contributed by atoms with E-state index in [9.17, 15) is 4.79 Å². The fraction of sp³-hybridized carbons (Fsp3) is 0.571. The maximum absolute atomic E-state index is 10.9. The summed E-state index contributed by atoms with van der Waals surface area (Å²) in [6, 6.07) is 0. The summed E-state index contributed by atoms with van der Waals surface area (Å²) in [6.07, 6.45) is 0. The van der Waals surface area contributed by atoms with Gasteiger partial charge < -0.3 is 9.80 Å². The molecule has 0 aromatic heterocycles. The van der Waals surface area contributed by atoms with Crippen molar-refractivity contribution in [1.82, 2.24) is 0 Å². The van der Waals surface area contributed by atoms with Crippen LogP contribution >= 0.6 is 0 Å². The van der Waals surface area contributed by atoms with Crippen LogP contribution in [0.3, 0.4) is 0 Å². The molecule has 0 atom stereocenters. The lowest BCUT2D eigenvalue weighted by molar-refractivity contribution is 1.12. The van der Waals surface area contributed by atoms with Gasteiger partial charge in [-0.1, -0.05) is 0 Å². The van der Waals surface area contributed by atoms with Crippen molar-refractivity contribution in [3.8, 4) is 0 Å². The minimum Gasteiger partial charge on any atom is -0.373 e. The Morgan fingerprint density at radius 2 is 1.20 bits per heavy atom. The quantitative estimate of drug-likeness (QED) is 0.580. The fourth-order valence-electron chi connectivity index (χ4n) is 0.982. The molecule has 0 aliphatic rings. The monoisotopic (exact) mass is 140 g/mol. The molecule has 56 valence electrons. The molecular formula is C7H12N2O. The molecule has 3 heteroatoms. The van der Waals surface area contributed by atoms with Crippen molar-refractivity contribution in [3.63, 3.8) is 0 Å². The second-order valence-electron chi connectivity index (χ2n) is 2.82. The van der Waals surface area contributed by atoms with Gasteiger partial charge >= 0.3 is 0 Å². The average Bonchev–Trinajstić information content (AvgIpc) is 2.40. The summed E-state index contributed by atoms with van der Waals surface area (Å²) >= 11 is 0. The minimum absolute atomic E-state index is 0.176. The van der Waals surface area contributed by atoms with Gasteiger partial charge in [-0.05, 0) is 0 Å². The van der Waals surface area contributed by atoms with Crippen LogP contribution in [0.2, 0.25) is 0 Å². The van der Waals surface area contributed by atoms with Crippen LogP contribution < -0.4 is 15.2 Å². The molecule has 0 saturated carbocycles. The SMILES string of the molecule is CN(C)c1c(N(C)C)c1=O. The predicted molar refractivity (Wildman–Crippen MR) is 43.7 cm³/mol. The Bertz CT molecular complexity index is 220. The first-order valence-electron chi connectivity index (χ1n) is 3.19. The molecule has 1 aromatic rings. The van der Waals surface area contributed by atoms with Crippen molar-refractivity contribution in [2.24, 2.45) is 0 Å². The van der Waals surface area contributed by atoms with Gasteiger partial charge in [0.2, 0.25) is 5.43 Å². The molecule has 1 aromatic carbocycles. The highest BCUT2D eigenvalue weighted by molar-refractivity contribution is 5.84. The Balaban J connectivity index is 2.80. The Hall–Kier alpha value is -0.990. The standard InChI is InChI=1S/C7H12N2O/c1-8(2)5-6(7(5)10)9(3)4/h1-4H3. The third-order valence-electron chi connectivity index (χ3n) is 1.49. The van der Waals surface area contributed by atoms with Crippen LogP contribution in [0.25, 0.3) is 0 Å². The van der Waals surface area contributed by atoms with E-state index in [1.165, 1.54) is 0 Å². The van der Waals surface area contributed by atoms with E-state index in [4.69, 9.17) is 0 Å². The number of hydrogen-bond acceptors (Lipinski definition) is 3. The highest BCUT2D eigenvalue weighted by Gasteiger charge is 2.25. The molecule has 0 spiro atoms. The maximum atomic E-state index is 10.9. The zero-order valence-electron chi connectivity index (χ0n) is 6.80. The van der Waals surface area contributed by atoms with Gasteiger partial charge in [-0.15, -0.1) is 0 Å². The van der Waals surface area contributed by atoms with Crippen molar-refractivity contribution in [2.45, 2.75) is 0 Å². The first-order valence-corrected chi connectivity index (χ1v) is 3.19. The van der Waals surface area contributed by atoms with Crippen LogP contribution in [0.15, 0.2) is 4.79 Å². The average molecular weight is 140 g/mol. The lowest BCUT2D eigenvalue weighted by Crippen LogP contribution is -2.08. The van der Waals surface area contributed by atoms with Crippen LogP contribution in [-0.2, 0) is 0 Å². The number of nitrogens with zero attached hydrogens (tertiary/aromatic N) is 2. The molecule has 0 fully saturated rings. The lowest BCUT2D eigenvalue weighted by Gasteiger charge is -2.07. The van der Waals surface area contributed by atoms with Gasteiger partial charge in [0.1, 0.15) is 11.4 Å². The van der Waals surface area contributed by atoms with Gasteiger partial charge in [0.05, 0.1) is 0 Å². The molecule has 0 N–H and O–H groups in total. The molecule has 0 aliphatic carbocycles. The Morgan fingerprint density at radius 1 is 0.900 bits per heavy atom. The summed E-state index contributed by atoms with van der Waals surface area (Å²) in [5, 5.41) is 0. The molecule has 10 heavy (non-hydrogen) atoms. The van der Waals surface area contributed by atoms with E-state index in [0.29, 0.717) is 0 Å². The van der Waals surface area contributed by atoms with Crippen molar-refractivity contribution >= 4 is 11.4 Å². The van der Waals surface area contributed by atoms with E-state index in [1.807, 2.05) is 38.0 Å². The van der Waals surface area contributed by atoms with E-state index < -0.39 is 0 Å². The lowest BCUT2D eigenvalue weighted by atomic mass is 10.7. The summed E-state index contributed by atoms with van der Waals surface area (Å²) in [6.45, 7) is 0. The zero-order valence-corrected chi connectivity index (χ0v) is 6.80. The zero-order chi connectivity index (χ0) is 7.89. The van der Waals surface area contributed by atoms with Crippen LogP contribution in [0.1, 0.15) is 0 Å². The third-order valence-corrected chi connectivity index (χ3v) is 1.49. The molecule has 0 radical (unpaired) electrons. The summed E-state index contributed by atoms with van der Waals surface area (Å²) < 4.78 is 0. The Labute approximate surface area is 60.5 Å². The van der Waals surface area contributed by atoms with E-state index >= 15 is 0 Å². The molecule has 0 amide bonds. The number of rotatable bonds is 2. The molecule has 1 rings (SSSR count). The van der Waals surface area contributed by atoms with Crippen molar-refractivity contribution in [2.75, 3.05) is 38.0 Å². The normalized spacial score (nSPS) is 10.4. The van der Waals surface area contributed by atoms with E-state index in [2.05, 4.69) is 0 Å². The topological polar surface area (TPSA) is 23.6 Å². The molecule has 3 nitrogen and oxygen atoms in total.